The van der Waals surface area contributed by atoms with Crippen molar-refractivity contribution in [2.75, 3.05) is 51.3 Å². The number of hydrogen-bond donors (Lipinski definition) is 2. The highest BCUT2D eigenvalue weighted by atomic mass is 16.5. The molecule has 148 valence electrons. The number of alkyl carbamates (subject to hydrolysis) is 1. The molecule has 2 aliphatic rings. The van der Waals surface area contributed by atoms with Gasteiger partial charge in [0.25, 0.3) is 0 Å². The first-order valence-electron chi connectivity index (χ1n) is 9.76. The van der Waals surface area contributed by atoms with Gasteiger partial charge in [-0.25, -0.2) is 9.78 Å². The van der Waals surface area contributed by atoms with Gasteiger partial charge in [-0.3, -0.25) is 4.99 Å². The summed E-state index contributed by atoms with van der Waals surface area (Å²) in [6.07, 6.45) is 3.80. The monoisotopic (exact) mass is 374 g/mol. The second kappa shape index (κ2) is 9.43. The highest BCUT2D eigenvalue weighted by Crippen LogP contribution is 2.32. The van der Waals surface area contributed by atoms with E-state index in [9.17, 15) is 4.79 Å². The number of carbonyl (C=O) groups is 1. The van der Waals surface area contributed by atoms with Crippen LogP contribution in [0.5, 0.6) is 0 Å². The normalized spacial score (nSPS) is 18.8. The molecule has 8 nitrogen and oxygen atoms in total. The molecule has 2 N–H and O–H groups in total. The molecule has 1 atom stereocenters. The second-order valence-corrected chi connectivity index (χ2v) is 6.90. The number of anilines is 1. The fourth-order valence-electron chi connectivity index (χ4n) is 3.38. The average Bonchev–Trinajstić information content (AvgIpc) is 3.54. The summed E-state index contributed by atoms with van der Waals surface area (Å²) < 4.78 is 5.02. The highest BCUT2D eigenvalue weighted by molar-refractivity contribution is 5.80. The maximum Gasteiger partial charge on any atom is 0.407 e. The molecule has 1 saturated heterocycles. The molecule has 0 bridgehead atoms. The largest absolute Gasteiger partial charge is 0.450 e. The van der Waals surface area contributed by atoms with E-state index in [4.69, 9.17) is 4.74 Å². The number of guanidine groups is 1. The van der Waals surface area contributed by atoms with Crippen molar-refractivity contribution in [2.45, 2.75) is 25.8 Å². The number of amides is 1. The second-order valence-electron chi connectivity index (χ2n) is 6.90. The molecule has 27 heavy (non-hydrogen) atoms. The Balaban J connectivity index is 1.48. The lowest BCUT2D eigenvalue weighted by molar-refractivity contribution is 0.146. The van der Waals surface area contributed by atoms with Crippen LogP contribution in [0.15, 0.2) is 29.4 Å². The van der Waals surface area contributed by atoms with Crippen LogP contribution >= 0.6 is 0 Å². The Morgan fingerprint density at radius 2 is 2.11 bits per heavy atom. The lowest BCUT2D eigenvalue weighted by Crippen LogP contribution is -2.55. The Kier molecular flexibility index (Phi) is 6.73. The fraction of sp³-hybridized carbons (Fsp3) is 0.632. The van der Waals surface area contributed by atoms with Crippen molar-refractivity contribution in [2.24, 2.45) is 10.9 Å². The molecule has 8 heteroatoms. The summed E-state index contributed by atoms with van der Waals surface area (Å²) in [6, 6.07) is 6.08. The molecule has 1 saturated carbocycles. The topological polar surface area (TPSA) is 82.1 Å². The third-order valence-corrected chi connectivity index (χ3v) is 5.01. The van der Waals surface area contributed by atoms with E-state index in [1.807, 2.05) is 31.3 Å². The number of ether oxygens (including phenoxy) is 1. The van der Waals surface area contributed by atoms with Gasteiger partial charge in [0.15, 0.2) is 5.96 Å². The van der Waals surface area contributed by atoms with Gasteiger partial charge in [-0.2, -0.15) is 0 Å². The first kappa shape index (κ1) is 19.3. The van der Waals surface area contributed by atoms with E-state index in [-0.39, 0.29) is 12.1 Å². The molecule has 0 spiro atoms. The zero-order chi connectivity index (χ0) is 19.1. The smallest absolute Gasteiger partial charge is 0.407 e. The van der Waals surface area contributed by atoms with E-state index in [0.29, 0.717) is 19.1 Å². The van der Waals surface area contributed by atoms with Crippen molar-refractivity contribution in [3.05, 3.63) is 24.4 Å². The quantitative estimate of drug-likeness (QED) is 0.577. The number of piperazine rings is 1. The molecule has 3 rings (SSSR count). The van der Waals surface area contributed by atoms with Gasteiger partial charge >= 0.3 is 6.09 Å². The molecule has 1 unspecified atom stereocenters. The molecule has 2 heterocycles. The van der Waals surface area contributed by atoms with Gasteiger partial charge in [0, 0.05) is 46.0 Å². The van der Waals surface area contributed by atoms with E-state index in [0.717, 1.165) is 50.8 Å². The van der Waals surface area contributed by atoms with Crippen LogP contribution in [-0.2, 0) is 4.74 Å². The van der Waals surface area contributed by atoms with Crippen LogP contribution in [0.25, 0.3) is 0 Å². The van der Waals surface area contributed by atoms with E-state index < -0.39 is 0 Å². The number of aromatic nitrogens is 1. The molecule has 2 fully saturated rings. The van der Waals surface area contributed by atoms with Crippen molar-refractivity contribution < 1.29 is 9.53 Å². The predicted octanol–water partition coefficient (Wildman–Crippen LogP) is 1.30. The van der Waals surface area contributed by atoms with Crippen molar-refractivity contribution in [3.8, 4) is 0 Å². The van der Waals surface area contributed by atoms with Crippen LogP contribution in [0, 0.1) is 5.92 Å². The minimum Gasteiger partial charge on any atom is -0.450 e. The molecular formula is C19H30N6O2. The van der Waals surface area contributed by atoms with Crippen LogP contribution in [0.3, 0.4) is 0 Å². The summed E-state index contributed by atoms with van der Waals surface area (Å²) in [5, 5.41) is 6.41. The number of pyridine rings is 1. The maximum absolute atomic E-state index is 11.8. The predicted molar refractivity (Wildman–Crippen MR) is 106 cm³/mol. The van der Waals surface area contributed by atoms with E-state index in [2.05, 4.69) is 30.4 Å². The molecule has 0 radical (unpaired) electrons. The Morgan fingerprint density at radius 3 is 2.70 bits per heavy atom. The van der Waals surface area contributed by atoms with Gasteiger partial charge in [0.2, 0.25) is 0 Å². The zero-order valence-corrected chi connectivity index (χ0v) is 16.2. The number of nitrogens with zero attached hydrogens (tertiary/aromatic N) is 4. The lowest BCUT2D eigenvalue weighted by Gasteiger charge is -2.37. The third-order valence-electron chi connectivity index (χ3n) is 5.01. The summed E-state index contributed by atoms with van der Waals surface area (Å²) in [5.74, 6) is 2.43. The minimum absolute atomic E-state index is 0.0793. The molecule has 1 aromatic rings. The fourth-order valence-corrected chi connectivity index (χ4v) is 3.38. The van der Waals surface area contributed by atoms with Gasteiger partial charge in [0.05, 0.1) is 12.6 Å². The Hall–Kier alpha value is -2.51. The zero-order valence-electron chi connectivity index (χ0n) is 16.2. The van der Waals surface area contributed by atoms with Crippen LogP contribution in [0.2, 0.25) is 0 Å². The summed E-state index contributed by atoms with van der Waals surface area (Å²) in [7, 11) is 1.80. The van der Waals surface area contributed by atoms with Crippen LogP contribution in [0.4, 0.5) is 10.6 Å². The Bertz CT molecular complexity index is 626. The number of carbonyl (C=O) groups excluding carboxylic acids is 1. The molecular weight excluding hydrogens is 344 g/mol. The number of nitrogens with one attached hydrogen (secondary N) is 2. The summed E-state index contributed by atoms with van der Waals surface area (Å²) in [5.41, 5.74) is 0. The molecule has 1 aliphatic heterocycles. The molecule has 1 aromatic heterocycles. The van der Waals surface area contributed by atoms with Crippen molar-refractivity contribution in [3.63, 3.8) is 0 Å². The van der Waals surface area contributed by atoms with Crippen LogP contribution in [-0.4, -0.2) is 74.4 Å². The summed E-state index contributed by atoms with van der Waals surface area (Å²) >= 11 is 0. The highest BCUT2D eigenvalue weighted by Gasteiger charge is 2.33. The average molecular weight is 374 g/mol. The lowest BCUT2D eigenvalue weighted by atomic mass is 10.2. The van der Waals surface area contributed by atoms with E-state index >= 15 is 0 Å². The van der Waals surface area contributed by atoms with Crippen molar-refractivity contribution in [1.29, 1.82) is 0 Å². The van der Waals surface area contributed by atoms with Crippen LogP contribution in [0.1, 0.15) is 19.8 Å². The van der Waals surface area contributed by atoms with Gasteiger partial charge in [-0.1, -0.05) is 6.07 Å². The minimum atomic E-state index is -0.338. The van der Waals surface area contributed by atoms with E-state index in [1.165, 1.54) is 0 Å². The summed E-state index contributed by atoms with van der Waals surface area (Å²) in [4.78, 5) is 25.2. The van der Waals surface area contributed by atoms with Gasteiger partial charge < -0.3 is 25.2 Å². The number of aliphatic imine (C=N–C) groups is 1. The van der Waals surface area contributed by atoms with Crippen molar-refractivity contribution in [1.82, 2.24) is 20.5 Å². The van der Waals surface area contributed by atoms with Gasteiger partial charge in [-0.15, -0.1) is 0 Å². The SMILES string of the molecule is CCOC(=O)NC(CNC(=NC)N1CCN(c2ccccn2)CC1)C1CC1. The summed E-state index contributed by atoms with van der Waals surface area (Å²) in [6.45, 7) is 6.45. The Labute approximate surface area is 161 Å². The maximum atomic E-state index is 11.8. The van der Waals surface area contributed by atoms with Crippen molar-refractivity contribution >= 4 is 17.9 Å². The van der Waals surface area contributed by atoms with Gasteiger partial charge in [0.1, 0.15) is 5.82 Å². The molecule has 1 aliphatic carbocycles. The first-order chi connectivity index (χ1) is 13.2. The van der Waals surface area contributed by atoms with E-state index in [1.54, 1.807) is 7.05 Å². The standard InChI is InChI=1S/C19H30N6O2/c1-3-27-19(26)23-16(15-7-8-15)14-22-18(20-2)25-12-10-24(11-13-25)17-6-4-5-9-21-17/h4-6,9,15-16H,3,7-8,10-14H2,1-2H3,(H,20,22)(H,23,26). The first-order valence-corrected chi connectivity index (χ1v) is 9.76. The third kappa shape index (κ3) is 5.48. The molecule has 0 aromatic carbocycles. The number of rotatable bonds is 6. The van der Waals surface area contributed by atoms with Crippen LogP contribution < -0.4 is 15.5 Å². The van der Waals surface area contributed by atoms with Gasteiger partial charge in [-0.05, 0) is 37.8 Å². The Morgan fingerprint density at radius 1 is 1.33 bits per heavy atom. The molecule has 1 amide bonds. The number of hydrogen-bond acceptors (Lipinski definition) is 5.